The molecule has 0 bridgehead atoms. The molecule has 0 saturated carbocycles. The third-order valence-electron chi connectivity index (χ3n) is 3.50. The molecule has 0 radical (unpaired) electrons. The summed E-state index contributed by atoms with van der Waals surface area (Å²) in [4.78, 5) is 6.81. The van der Waals surface area contributed by atoms with Crippen molar-refractivity contribution in [2.24, 2.45) is 10.9 Å². The Morgan fingerprint density at radius 1 is 1.33 bits per heavy atom. The van der Waals surface area contributed by atoms with Gasteiger partial charge in [0.05, 0.1) is 0 Å². The number of guanidine groups is 1. The van der Waals surface area contributed by atoms with Gasteiger partial charge in [0.25, 0.3) is 0 Å². The maximum Gasteiger partial charge on any atom is 0.191 e. The fraction of sp³-hybridized carbons (Fsp3) is 0.786. The number of hydrogen-bond donors (Lipinski definition) is 2. The molecule has 1 heterocycles. The van der Waals surface area contributed by atoms with E-state index in [9.17, 15) is 0 Å². The van der Waals surface area contributed by atoms with E-state index in [0.717, 1.165) is 19.0 Å². The van der Waals surface area contributed by atoms with Gasteiger partial charge in [0.1, 0.15) is 0 Å². The first-order valence-electron chi connectivity index (χ1n) is 6.98. The second-order valence-corrected chi connectivity index (χ2v) is 5.18. The van der Waals surface area contributed by atoms with Crippen LogP contribution in [0.2, 0.25) is 0 Å². The smallest absolute Gasteiger partial charge is 0.191 e. The van der Waals surface area contributed by atoms with Crippen molar-refractivity contribution in [3.05, 3.63) is 12.7 Å². The van der Waals surface area contributed by atoms with Gasteiger partial charge < -0.3 is 10.6 Å². The average molecular weight is 252 g/mol. The van der Waals surface area contributed by atoms with E-state index in [0.29, 0.717) is 12.0 Å². The molecular formula is C14H28N4. The van der Waals surface area contributed by atoms with Crippen molar-refractivity contribution in [3.8, 4) is 0 Å². The van der Waals surface area contributed by atoms with E-state index < -0.39 is 0 Å². The van der Waals surface area contributed by atoms with Crippen LogP contribution in [0.25, 0.3) is 0 Å². The summed E-state index contributed by atoms with van der Waals surface area (Å²) in [6.07, 6.45) is 4.52. The molecule has 104 valence electrons. The SMILES string of the molecule is C=CCNC(=NC)NCC(C(C)C)N1CCCC1. The summed E-state index contributed by atoms with van der Waals surface area (Å²) in [6, 6.07) is 0.592. The summed E-state index contributed by atoms with van der Waals surface area (Å²) in [5.74, 6) is 1.52. The Hall–Kier alpha value is -1.03. The molecule has 4 heteroatoms. The second-order valence-electron chi connectivity index (χ2n) is 5.18. The van der Waals surface area contributed by atoms with Crippen LogP contribution in [0.1, 0.15) is 26.7 Å². The minimum Gasteiger partial charge on any atom is -0.355 e. The van der Waals surface area contributed by atoms with Crippen LogP contribution in [-0.4, -0.2) is 50.1 Å². The third-order valence-corrected chi connectivity index (χ3v) is 3.50. The average Bonchev–Trinajstić information content (AvgIpc) is 2.86. The zero-order chi connectivity index (χ0) is 13.4. The lowest BCUT2D eigenvalue weighted by Crippen LogP contribution is -2.48. The molecule has 0 spiro atoms. The maximum atomic E-state index is 4.21. The van der Waals surface area contributed by atoms with Crippen molar-refractivity contribution in [1.29, 1.82) is 0 Å². The molecule has 18 heavy (non-hydrogen) atoms. The summed E-state index contributed by atoms with van der Waals surface area (Å²) >= 11 is 0. The number of aliphatic imine (C=N–C) groups is 1. The molecule has 0 aromatic rings. The van der Waals surface area contributed by atoms with E-state index in [-0.39, 0.29) is 0 Å². The maximum absolute atomic E-state index is 4.21. The fourth-order valence-corrected chi connectivity index (χ4v) is 2.45. The first-order chi connectivity index (χ1) is 8.69. The van der Waals surface area contributed by atoms with Crippen LogP contribution in [0.3, 0.4) is 0 Å². The lowest BCUT2D eigenvalue weighted by atomic mass is 10.0. The van der Waals surface area contributed by atoms with Crippen LogP contribution < -0.4 is 10.6 Å². The van der Waals surface area contributed by atoms with Gasteiger partial charge in [0.2, 0.25) is 0 Å². The topological polar surface area (TPSA) is 39.7 Å². The first-order valence-corrected chi connectivity index (χ1v) is 6.98. The largest absolute Gasteiger partial charge is 0.355 e. The third kappa shape index (κ3) is 4.69. The Balaban J connectivity index is 2.43. The number of nitrogens with zero attached hydrogens (tertiary/aromatic N) is 2. The lowest BCUT2D eigenvalue weighted by Gasteiger charge is -2.31. The van der Waals surface area contributed by atoms with E-state index in [1.54, 1.807) is 7.05 Å². The lowest BCUT2D eigenvalue weighted by molar-refractivity contribution is 0.192. The minimum absolute atomic E-state index is 0.592. The van der Waals surface area contributed by atoms with Crippen LogP contribution in [-0.2, 0) is 0 Å². The zero-order valence-corrected chi connectivity index (χ0v) is 12.1. The summed E-state index contributed by atoms with van der Waals surface area (Å²) < 4.78 is 0. The highest BCUT2D eigenvalue weighted by Gasteiger charge is 2.24. The van der Waals surface area contributed by atoms with E-state index in [1.165, 1.54) is 25.9 Å². The monoisotopic (exact) mass is 252 g/mol. The predicted octanol–water partition coefficient (Wildman–Crippen LogP) is 1.46. The van der Waals surface area contributed by atoms with Gasteiger partial charge in [0.15, 0.2) is 5.96 Å². The van der Waals surface area contributed by atoms with Crippen LogP contribution in [0.5, 0.6) is 0 Å². The molecule has 0 aliphatic carbocycles. The summed E-state index contributed by atoms with van der Waals surface area (Å²) in [6.45, 7) is 12.5. The van der Waals surface area contributed by atoms with Gasteiger partial charge in [0, 0.05) is 26.2 Å². The van der Waals surface area contributed by atoms with E-state index >= 15 is 0 Å². The summed E-state index contributed by atoms with van der Waals surface area (Å²) in [5, 5.41) is 6.62. The van der Waals surface area contributed by atoms with Gasteiger partial charge in [-0.1, -0.05) is 19.9 Å². The molecule has 1 unspecified atom stereocenters. The number of hydrogen-bond acceptors (Lipinski definition) is 2. The van der Waals surface area contributed by atoms with Crippen LogP contribution in [0, 0.1) is 5.92 Å². The van der Waals surface area contributed by atoms with Crippen molar-refractivity contribution in [2.75, 3.05) is 33.2 Å². The van der Waals surface area contributed by atoms with Crippen molar-refractivity contribution in [3.63, 3.8) is 0 Å². The van der Waals surface area contributed by atoms with Crippen molar-refractivity contribution in [2.45, 2.75) is 32.7 Å². The number of likely N-dealkylation sites (tertiary alicyclic amines) is 1. The molecular weight excluding hydrogens is 224 g/mol. The molecule has 1 aliphatic rings. The highest BCUT2D eigenvalue weighted by molar-refractivity contribution is 5.79. The summed E-state index contributed by atoms with van der Waals surface area (Å²) in [7, 11) is 1.80. The molecule has 1 atom stereocenters. The second kappa shape index (κ2) is 8.14. The Morgan fingerprint density at radius 3 is 2.50 bits per heavy atom. The van der Waals surface area contributed by atoms with Gasteiger partial charge in [-0.15, -0.1) is 6.58 Å². The Bertz CT molecular complexity index is 267. The van der Waals surface area contributed by atoms with Gasteiger partial charge in [-0.2, -0.15) is 0 Å². The Kier molecular flexibility index (Phi) is 6.80. The molecule has 1 aliphatic heterocycles. The van der Waals surface area contributed by atoms with Crippen molar-refractivity contribution >= 4 is 5.96 Å². The number of nitrogens with one attached hydrogen (secondary N) is 2. The summed E-state index contributed by atoms with van der Waals surface area (Å²) in [5.41, 5.74) is 0. The fourth-order valence-electron chi connectivity index (χ4n) is 2.45. The highest BCUT2D eigenvalue weighted by atomic mass is 15.2. The van der Waals surface area contributed by atoms with E-state index in [1.807, 2.05) is 6.08 Å². The quantitative estimate of drug-likeness (QED) is 0.427. The minimum atomic E-state index is 0.592. The van der Waals surface area contributed by atoms with Crippen LogP contribution in [0.4, 0.5) is 0 Å². The number of rotatable bonds is 6. The molecule has 0 aromatic heterocycles. The van der Waals surface area contributed by atoms with Crippen LogP contribution >= 0.6 is 0 Å². The van der Waals surface area contributed by atoms with Gasteiger partial charge >= 0.3 is 0 Å². The van der Waals surface area contributed by atoms with Crippen molar-refractivity contribution < 1.29 is 0 Å². The first kappa shape index (κ1) is 15.0. The van der Waals surface area contributed by atoms with Gasteiger partial charge in [-0.05, 0) is 31.8 Å². The van der Waals surface area contributed by atoms with Crippen LogP contribution in [0.15, 0.2) is 17.6 Å². The Labute approximate surface area is 112 Å². The normalized spacial score (nSPS) is 19.0. The molecule has 0 amide bonds. The zero-order valence-electron chi connectivity index (χ0n) is 12.1. The highest BCUT2D eigenvalue weighted by Crippen LogP contribution is 2.16. The molecule has 2 N–H and O–H groups in total. The molecule has 0 aromatic carbocycles. The standard InChI is InChI=1S/C14H28N4/c1-5-8-16-14(15-4)17-11-13(12(2)3)18-9-6-7-10-18/h5,12-13H,1,6-11H2,2-4H3,(H2,15,16,17). The molecule has 4 nitrogen and oxygen atoms in total. The van der Waals surface area contributed by atoms with Crippen molar-refractivity contribution in [1.82, 2.24) is 15.5 Å². The molecule has 1 rings (SSSR count). The Morgan fingerprint density at radius 2 is 2.00 bits per heavy atom. The predicted molar refractivity (Wildman–Crippen MR) is 79.0 cm³/mol. The molecule has 1 saturated heterocycles. The van der Waals surface area contributed by atoms with E-state index in [2.05, 4.69) is 41.0 Å². The molecule has 1 fully saturated rings. The van der Waals surface area contributed by atoms with E-state index in [4.69, 9.17) is 0 Å². The van der Waals surface area contributed by atoms with Gasteiger partial charge in [-0.25, -0.2) is 0 Å². The van der Waals surface area contributed by atoms with Gasteiger partial charge in [-0.3, -0.25) is 9.89 Å².